The summed E-state index contributed by atoms with van der Waals surface area (Å²) in [6.45, 7) is 8.59. The number of fused-ring (bicyclic) bond motifs is 1. The van der Waals surface area contributed by atoms with Crippen molar-refractivity contribution >= 4 is 76.6 Å². The molecule has 498 valence electrons. The van der Waals surface area contributed by atoms with Crippen molar-refractivity contribution in [2.75, 3.05) is 75.5 Å². The molecule has 3 aromatic carbocycles. The van der Waals surface area contributed by atoms with Crippen LogP contribution in [0.15, 0.2) is 78.9 Å². The summed E-state index contributed by atoms with van der Waals surface area (Å²) in [6, 6.07) is 10.2. The topological polar surface area (TPSA) is 250 Å². The Balaban J connectivity index is 1.56. The minimum absolute atomic E-state index is 0.0197. The fraction of sp³-hybridized carbons (Fsp3) is 0.554. The molecule has 22 nitrogen and oxygen atoms in total. The van der Waals surface area contributed by atoms with Crippen LogP contribution in [0.4, 0.5) is 13.2 Å². The molecule has 0 bridgehead atoms. The lowest BCUT2D eigenvalue weighted by Gasteiger charge is -2.44. The van der Waals surface area contributed by atoms with Crippen LogP contribution < -0.4 is 16.0 Å². The lowest BCUT2D eigenvalue weighted by Crippen LogP contribution is -2.65. The smallest absolute Gasteiger partial charge is 0.351 e. The molecule has 3 aromatic rings. The zero-order chi connectivity index (χ0) is 67.9. The van der Waals surface area contributed by atoms with Gasteiger partial charge in [0.2, 0.25) is 65.0 Å². The van der Waals surface area contributed by atoms with Crippen LogP contribution in [-0.2, 0) is 78.2 Å². The average Bonchev–Trinajstić information content (AvgIpc) is 0.811. The van der Waals surface area contributed by atoms with E-state index in [1.165, 1.54) is 88.0 Å². The Labute approximate surface area is 536 Å². The third-order valence-corrected chi connectivity index (χ3v) is 17.5. The van der Waals surface area contributed by atoms with Gasteiger partial charge in [0, 0.05) is 86.2 Å². The van der Waals surface area contributed by atoms with Crippen molar-refractivity contribution in [1.29, 1.82) is 0 Å². The summed E-state index contributed by atoms with van der Waals surface area (Å²) in [7, 11) is 9.62. The molecular weight excluding hydrogens is 1200 g/mol. The van der Waals surface area contributed by atoms with Crippen LogP contribution in [0.1, 0.15) is 95.9 Å². The van der Waals surface area contributed by atoms with Gasteiger partial charge in [-0.3, -0.25) is 52.7 Å². The van der Waals surface area contributed by atoms with Crippen molar-refractivity contribution < 1.29 is 65.9 Å². The molecule has 2 aliphatic rings. The molecular formula is C65H89ClF3N11O11. The molecule has 0 aromatic heterocycles. The number of hydrogen-bond donors (Lipinski definition) is 3. The first-order valence-corrected chi connectivity index (χ1v) is 31.0. The second-order valence-corrected chi connectivity index (χ2v) is 25.0. The van der Waals surface area contributed by atoms with Gasteiger partial charge in [-0.1, -0.05) is 100 Å². The van der Waals surface area contributed by atoms with E-state index in [1.807, 2.05) is 20.8 Å². The highest BCUT2D eigenvalue weighted by atomic mass is 35.5. The standard InChI is InChI=1S/C65H89ClF3N11O11/c1-14-40(4)57-64(91)75(9)37-55(83)73(7)38-56(84)77(11)51(35-45-22-27-47(66)28-23-45)61(88)74(8)36-53(81)71-48(29-24-43-20-25-46(26-21-43)65(67,68)69)60(87)80-31-30-49(80)62(89)79(13)52(34-44-18-16-15-17-19-44)63(90)78(12)50(32-39(2)3)59(86)70-41(5)33-54(82)76(10)42(6)58(85)72-57/h15-23,25-28,39-42,48-52,57H,14,24,29-38H2,1-13H3,(H,70,86)(H,71,81)(H,72,85)/t40-,41+,42-,48-,49-,50-,51-,52-,57-/m0/s1. The summed E-state index contributed by atoms with van der Waals surface area (Å²) in [5.41, 5.74) is 0.716. The molecule has 9 atom stereocenters. The zero-order valence-electron chi connectivity index (χ0n) is 54.3. The van der Waals surface area contributed by atoms with Crippen LogP contribution in [-0.4, -0.2) is 228 Å². The molecule has 0 aliphatic carbocycles. The van der Waals surface area contributed by atoms with Crippen LogP contribution in [0.25, 0.3) is 0 Å². The lowest BCUT2D eigenvalue weighted by molar-refractivity contribution is -0.158. The normalized spacial score (nSPS) is 24.3. The van der Waals surface area contributed by atoms with Gasteiger partial charge in [-0.25, -0.2) is 0 Å². The van der Waals surface area contributed by atoms with Gasteiger partial charge >= 0.3 is 6.18 Å². The fourth-order valence-corrected chi connectivity index (χ4v) is 10.9. The second kappa shape index (κ2) is 32.8. The number of alkyl halides is 3. The summed E-state index contributed by atoms with van der Waals surface area (Å²) in [5, 5.41) is 8.73. The molecule has 91 heavy (non-hydrogen) atoms. The SMILES string of the molecule is CC[C@H](C)[C@@H]1NC(=O)[C@H](C)N(C)C(=O)C[C@@H](C)NC(=O)[C@H](CC(C)C)N(C)C(=O)[C@H](Cc2ccccc2)N(C)C(=O)[C@@H]2CCN2C(=O)[C@H](CCc2ccc(C(F)(F)F)cc2)NC(=O)CN(C)C(=O)[C@H](Cc2ccc(Cl)cc2)N(C)C(=O)CN(C)C(=O)CN(C)C1=O. The molecule has 3 N–H and O–H groups in total. The number of hydrogen-bond acceptors (Lipinski definition) is 11. The second-order valence-electron chi connectivity index (χ2n) is 24.6. The molecule has 2 aliphatic heterocycles. The molecule has 0 unspecified atom stereocenters. The van der Waals surface area contributed by atoms with Gasteiger partial charge in [0.05, 0.1) is 25.2 Å². The van der Waals surface area contributed by atoms with E-state index in [9.17, 15) is 61.1 Å². The quantitative estimate of drug-likeness (QED) is 0.247. The van der Waals surface area contributed by atoms with Crippen LogP contribution in [0.5, 0.6) is 0 Å². The number of nitrogens with one attached hydrogen (secondary N) is 3. The maximum absolute atomic E-state index is 15.1. The average molecular weight is 1290 g/mol. The number of likely N-dealkylation sites (N-methyl/N-ethyl adjacent to an activating group) is 7. The Morgan fingerprint density at radius 3 is 1.67 bits per heavy atom. The maximum Gasteiger partial charge on any atom is 0.416 e. The predicted octanol–water partition coefficient (Wildman–Crippen LogP) is 4.05. The van der Waals surface area contributed by atoms with E-state index in [0.29, 0.717) is 28.1 Å². The minimum Gasteiger partial charge on any atom is -0.351 e. The van der Waals surface area contributed by atoms with Crippen molar-refractivity contribution in [2.45, 2.75) is 147 Å². The monoisotopic (exact) mass is 1290 g/mol. The molecule has 2 fully saturated rings. The Morgan fingerprint density at radius 2 is 1.11 bits per heavy atom. The first kappa shape index (κ1) is 73.6. The van der Waals surface area contributed by atoms with Gasteiger partial charge in [-0.05, 0) is 92.3 Å². The Kier molecular flexibility index (Phi) is 26.5. The summed E-state index contributed by atoms with van der Waals surface area (Å²) in [4.78, 5) is 168. The molecule has 11 amide bonds. The molecule has 0 saturated carbocycles. The number of aryl methyl sites for hydroxylation is 1. The summed E-state index contributed by atoms with van der Waals surface area (Å²) >= 11 is 6.20. The zero-order valence-corrected chi connectivity index (χ0v) is 55.1. The van der Waals surface area contributed by atoms with E-state index in [0.717, 1.165) is 31.7 Å². The van der Waals surface area contributed by atoms with Gasteiger partial charge in [0.15, 0.2) is 0 Å². The molecule has 2 saturated heterocycles. The first-order chi connectivity index (χ1) is 42.6. The van der Waals surface area contributed by atoms with Gasteiger partial charge < -0.3 is 55.1 Å². The van der Waals surface area contributed by atoms with Gasteiger partial charge in [0.25, 0.3) is 0 Å². The highest BCUT2D eigenvalue weighted by molar-refractivity contribution is 6.30. The van der Waals surface area contributed by atoms with Crippen molar-refractivity contribution in [2.24, 2.45) is 11.8 Å². The summed E-state index contributed by atoms with van der Waals surface area (Å²) in [6.07, 6.45) is -4.51. The largest absolute Gasteiger partial charge is 0.416 e. The Morgan fingerprint density at radius 1 is 0.560 bits per heavy atom. The number of nitrogens with zero attached hydrogens (tertiary/aromatic N) is 8. The number of rotatable bonds is 11. The number of benzene rings is 3. The first-order valence-electron chi connectivity index (χ1n) is 30.6. The van der Waals surface area contributed by atoms with Crippen LogP contribution in [0, 0.1) is 11.8 Å². The molecule has 0 spiro atoms. The van der Waals surface area contributed by atoms with E-state index in [-0.39, 0.29) is 57.4 Å². The molecule has 26 heteroatoms. The Hall–Kier alpha value is -8.09. The van der Waals surface area contributed by atoms with E-state index in [1.54, 1.807) is 68.4 Å². The Bertz CT molecular complexity index is 3090. The number of carbonyl (C=O) groups excluding carboxylic acids is 11. The fourth-order valence-electron chi connectivity index (χ4n) is 10.8. The van der Waals surface area contributed by atoms with E-state index in [4.69, 9.17) is 11.6 Å². The molecule has 2 heterocycles. The van der Waals surface area contributed by atoms with E-state index < -0.39 is 151 Å². The molecule has 5 rings (SSSR count). The van der Waals surface area contributed by atoms with E-state index >= 15 is 4.79 Å². The van der Waals surface area contributed by atoms with E-state index in [2.05, 4.69) is 16.0 Å². The maximum atomic E-state index is 15.1. The highest BCUT2D eigenvalue weighted by Gasteiger charge is 2.45. The molecule has 0 radical (unpaired) electrons. The summed E-state index contributed by atoms with van der Waals surface area (Å²) < 4.78 is 40.8. The van der Waals surface area contributed by atoms with Crippen molar-refractivity contribution in [3.8, 4) is 0 Å². The van der Waals surface area contributed by atoms with Crippen LogP contribution >= 0.6 is 11.6 Å². The van der Waals surface area contributed by atoms with Crippen molar-refractivity contribution in [3.05, 3.63) is 106 Å². The third kappa shape index (κ3) is 20.0. The third-order valence-electron chi connectivity index (χ3n) is 17.2. The summed E-state index contributed by atoms with van der Waals surface area (Å²) in [5.74, 6) is -8.02. The minimum atomic E-state index is -4.63. The van der Waals surface area contributed by atoms with Gasteiger partial charge in [0.1, 0.15) is 42.3 Å². The predicted molar refractivity (Wildman–Crippen MR) is 335 cm³/mol. The van der Waals surface area contributed by atoms with Crippen molar-refractivity contribution in [1.82, 2.24) is 55.1 Å². The van der Waals surface area contributed by atoms with Gasteiger partial charge in [-0.15, -0.1) is 0 Å². The van der Waals surface area contributed by atoms with Crippen LogP contribution in [0.3, 0.4) is 0 Å². The lowest BCUT2D eigenvalue weighted by atomic mass is 9.95. The number of halogens is 4. The van der Waals surface area contributed by atoms with Crippen molar-refractivity contribution in [3.63, 3.8) is 0 Å². The number of carbonyl (C=O) groups is 11. The highest BCUT2D eigenvalue weighted by Crippen LogP contribution is 2.30. The van der Waals surface area contributed by atoms with Gasteiger partial charge in [-0.2, -0.15) is 13.2 Å². The van der Waals surface area contributed by atoms with Crippen LogP contribution in [0.2, 0.25) is 5.02 Å². The number of amides is 11.